The molecule has 18 heavy (non-hydrogen) atoms. The second-order valence-corrected chi connectivity index (χ2v) is 5.56. The fraction of sp³-hybridized carbons (Fsp3) is 0.833. The number of hydrogen-bond acceptors (Lipinski definition) is 4. The molecule has 0 saturated carbocycles. The molecule has 1 aliphatic heterocycles. The quantitative estimate of drug-likeness (QED) is 0.358. The van der Waals surface area contributed by atoms with E-state index in [0.29, 0.717) is 6.54 Å². The van der Waals surface area contributed by atoms with Gasteiger partial charge < -0.3 is 5.32 Å². The fourth-order valence-electron chi connectivity index (χ4n) is 2.70. The monoisotopic (exact) mass is 256 g/mol. The minimum atomic E-state index is -0.420. The Morgan fingerprint density at radius 3 is 2.44 bits per heavy atom. The van der Waals surface area contributed by atoms with Gasteiger partial charge in [-0.1, -0.05) is 13.8 Å². The van der Waals surface area contributed by atoms with Crippen LogP contribution in [0.1, 0.15) is 27.2 Å². The van der Waals surface area contributed by atoms with Crippen LogP contribution in [-0.2, 0) is 9.59 Å². The third-order valence-corrected chi connectivity index (χ3v) is 3.71. The molecule has 0 radical (unpaired) electrons. The minimum Gasteiger partial charge on any atom is -0.359 e. The van der Waals surface area contributed by atoms with Gasteiger partial charge in [-0.3, -0.25) is 19.9 Å². The van der Waals surface area contributed by atoms with Gasteiger partial charge >= 0.3 is 0 Å². The average molecular weight is 256 g/mol. The number of hydrogen-bond donors (Lipinski definition) is 3. The van der Waals surface area contributed by atoms with Crippen molar-refractivity contribution in [3.8, 4) is 0 Å². The lowest BCUT2D eigenvalue weighted by molar-refractivity contribution is -0.131. The zero-order valence-electron chi connectivity index (χ0n) is 11.6. The van der Waals surface area contributed by atoms with Gasteiger partial charge in [-0.2, -0.15) is 0 Å². The van der Waals surface area contributed by atoms with Crippen molar-refractivity contribution in [3.63, 3.8) is 0 Å². The largest absolute Gasteiger partial charge is 0.359 e. The highest BCUT2D eigenvalue weighted by molar-refractivity contribution is 5.84. The summed E-state index contributed by atoms with van der Waals surface area (Å²) in [5.74, 6) is 5.22. The molecule has 104 valence electrons. The van der Waals surface area contributed by atoms with Gasteiger partial charge in [0.1, 0.15) is 0 Å². The Morgan fingerprint density at radius 1 is 1.39 bits per heavy atom. The van der Waals surface area contributed by atoms with Crippen LogP contribution in [0.15, 0.2) is 0 Å². The summed E-state index contributed by atoms with van der Waals surface area (Å²) in [4.78, 5) is 25.7. The Kier molecular flexibility index (Phi) is 4.70. The van der Waals surface area contributed by atoms with E-state index in [4.69, 9.17) is 5.84 Å². The van der Waals surface area contributed by atoms with Crippen LogP contribution in [0.3, 0.4) is 0 Å². The van der Waals surface area contributed by atoms with Gasteiger partial charge in [-0.15, -0.1) is 0 Å². The topological polar surface area (TPSA) is 87.5 Å². The SMILES string of the molecule is CNC(=O)C1(C)CCN(C(C(=O)NN)C(C)C)C1. The second-order valence-electron chi connectivity index (χ2n) is 5.56. The van der Waals surface area contributed by atoms with Gasteiger partial charge in [-0.05, 0) is 19.3 Å². The van der Waals surface area contributed by atoms with Crippen molar-refractivity contribution in [3.05, 3.63) is 0 Å². The van der Waals surface area contributed by atoms with Crippen molar-refractivity contribution in [1.82, 2.24) is 15.6 Å². The molecule has 1 fully saturated rings. The highest BCUT2D eigenvalue weighted by Gasteiger charge is 2.44. The molecular weight excluding hydrogens is 232 g/mol. The van der Waals surface area contributed by atoms with Crippen LogP contribution < -0.4 is 16.6 Å². The molecule has 0 aromatic heterocycles. The Labute approximate surface area is 108 Å². The predicted molar refractivity (Wildman–Crippen MR) is 69.3 cm³/mol. The van der Waals surface area contributed by atoms with Gasteiger partial charge in [0.05, 0.1) is 11.5 Å². The molecule has 0 aromatic rings. The second kappa shape index (κ2) is 5.67. The highest BCUT2D eigenvalue weighted by Crippen LogP contribution is 2.32. The minimum absolute atomic E-state index is 0.0284. The number of hydrazine groups is 1. The number of nitrogens with zero attached hydrogens (tertiary/aromatic N) is 1. The molecule has 0 spiro atoms. The summed E-state index contributed by atoms with van der Waals surface area (Å²) in [6, 6.07) is -0.276. The van der Waals surface area contributed by atoms with E-state index in [2.05, 4.69) is 10.7 Å². The van der Waals surface area contributed by atoms with Crippen LogP contribution in [0.4, 0.5) is 0 Å². The first-order valence-electron chi connectivity index (χ1n) is 6.32. The third kappa shape index (κ3) is 2.81. The van der Waals surface area contributed by atoms with Gasteiger partial charge in [-0.25, -0.2) is 5.84 Å². The van der Waals surface area contributed by atoms with Crippen molar-refractivity contribution in [1.29, 1.82) is 0 Å². The van der Waals surface area contributed by atoms with Crippen LogP contribution >= 0.6 is 0 Å². The van der Waals surface area contributed by atoms with Crippen LogP contribution in [0.2, 0.25) is 0 Å². The van der Waals surface area contributed by atoms with E-state index < -0.39 is 5.41 Å². The Bertz CT molecular complexity index is 332. The van der Waals surface area contributed by atoms with E-state index in [1.807, 2.05) is 25.7 Å². The van der Waals surface area contributed by atoms with Gasteiger partial charge in [0, 0.05) is 20.1 Å². The summed E-state index contributed by atoms with van der Waals surface area (Å²) in [5, 5.41) is 2.69. The fourth-order valence-corrected chi connectivity index (χ4v) is 2.70. The van der Waals surface area contributed by atoms with E-state index in [-0.39, 0.29) is 23.8 Å². The van der Waals surface area contributed by atoms with Crippen molar-refractivity contribution in [2.45, 2.75) is 33.2 Å². The molecule has 0 aliphatic carbocycles. The number of carbonyl (C=O) groups is 2. The first-order valence-corrected chi connectivity index (χ1v) is 6.32. The Hall–Kier alpha value is -1.14. The number of nitrogens with two attached hydrogens (primary N) is 1. The molecule has 2 amide bonds. The molecule has 6 heteroatoms. The molecule has 0 bridgehead atoms. The van der Waals surface area contributed by atoms with Crippen LogP contribution in [0, 0.1) is 11.3 Å². The standard InChI is InChI=1S/C12H24N4O2/c1-8(2)9(10(17)15-13)16-6-5-12(3,7-16)11(18)14-4/h8-9H,5-7,13H2,1-4H3,(H,14,18)(H,15,17). The smallest absolute Gasteiger partial charge is 0.251 e. The van der Waals surface area contributed by atoms with Gasteiger partial charge in [0.2, 0.25) is 5.91 Å². The summed E-state index contributed by atoms with van der Waals surface area (Å²) in [5.41, 5.74) is 1.79. The van der Waals surface area contributed by atoms with Crippen molar-refractivity contribution < 1.29 is 9.59 Å². The van der Waals surface area contributed by atoms with Crippen LogP contribution in [-0.4, -0.2) is 42.9 Å². The van der Waals surface area contributed by atoms with E-state index in [1.54, 1.807) is 7.05 Å². The summed E-state index contributed by atoms with van der Waals surface area (Å²) in [7, 11) is 1.64. The van der Waals surface area contributed by atoms with E-state index >= 15 is 0 Å². The Balaban J connectivity index is 2.80. The maximum atomic E-state index is 11.9. The lowest BCUT2D eigenvalue weighted by Gasteiger charge is -2.30. The van der Waals surface area contributed by atoms with Crippen LogP contribution in [0.5, 0.6) is 0 Å². The molecule has 6 nitrogen and oxygen atoms in total. The lowest BCUT2D eigenvalue weighted by Crippen LogP contribution is -2.52. The number of amides is 2. The molecule has 1 aliphatic rings. The molecule has 0 aromatic carbocycles. The van der Waals surface area contributed by atoms with Crippen molar-refractivity contribution in [2.75, 3.05) is 20.1 Å². The van der Waals surface area contributed by atoms with Crippen LogP contribution in [0.25, 0.3) is 0 Å². The molecule has 2 atom stereocenters. The lowest BCUT2D eigenvalue weighted by atomic mass is 9.88. The molecule has 1 saturated heterocycles. The number of rotatable bonds is 4. The first-order chi connectivity index (χ1) is 8.35. The Morgan fingerprint density at radius 2 is 2.00 bits per heavy atom. The average Bonchev–Trinajstić information content (AvgIpc) is 2.71. The van der Waals surface area contributed by atoms with Gasteiger partial charge in [0.25, 0.3) is 5.91 Å². The molecule has 1 rings (SSSR count). The number of nitrogens with one attached hydrogen (secondary N) is 2. The number of likely N-dealkylation sites (tertiary alicyclic amines) is 1. The molecule has 1 heterocycles. The highest BCUT2D eigenvalue weighted by atomic mass is 16.2. The zero-order chi connectivity index (χ0) is 13.9. The van der Waals surface area contributed by atoms with Crippen molar-refractivity contribution >= 4 is 11.8 Å². The van der Waals surface area contributed by atoms with E-state index in [0.717, 1.165) is 13.0 Å². The maximum absolute atomic E-state index is 11.9. The normalized spacial score (nSPS) is 26.1. The summed E-state index contributed by atoms with van der Waals surface area (Å²) in [6.45, 7) is 7.22. The van der Waals surface area contributed by atoms with Gasteiger partial charge in [0.15, 0.2) is 0 Å². The van der Waals surface area contributed by atoms with Crippen molar-refractivity contribution in [2.24, 2.45) is 17.2 Å². The predicted octanol–water partition coefficient (Wildman–Crippen LogP) is -0.541. The summed E-state index contributed by atoms with van der Waals surface area (Å²) < 4.78 is 0. The first kappa shape index (κ1) is 14.9. The molecule has 2 unspecified atom stereocenters. The molecular formula is C12H24N4O2. The van der Waals surface area contributed by atoms with E-state index in [9.17, 15) is 9.59 Å². The summed E-state index contributed by atoms with van der Waals surface area (Å²) >= 11 is 0. The molecule has 4 N–H and O–H groups in total. The summed E-state index contributed by atoms with van der Waals surface area (Å²) in [6.07, 6.45) is 0.758. The maximum Gasteiger partial charge on any atom is 0.251 e. The third-order valence-electron chi connectivity index (χ3n) is 3.71. The zero-order valence-corrected chi connectivity index (χ0v) is 11.6. The number of carbonyl (C=O) groups excluding carboxylic acids is 2. The van der Waals surface area contributed by atoms with E-state index in [1.165, 1.54) is 0 Å².